The molecule has 78 valence electrons. The van der Waals surface area contributed by atoms with Crippen molar-refractivity contribution in [2.24, 2.45) is 0 Å². The number of piperidine rings is 1. The van der Waals surface area contributed by atoms with E-state index in [1.165, 1.54) is 4.31 Å². The lowest BCUT2D eigenvalue weighted by molar-refractivity contribution is 0.0868. The van der Waals surface area contributed by atoms with E-state index in [9.17, 15) is 13.5 Å². The summed E-state index contributed by atoms with van der Waals surface area (Å²) in [5.41, 5.74) is 0. The Hall–Kier alpha value is -0.130. The standard InChI is InChI=1S/C8H17NO3S/c1-3-13(11,12)9-5-4-8(10)6-7(9)2/h7-8,10H,3-6H2,1-2H3/t7-,8-/m0/s1. The smallest absolute Gasteiger partial charge is 0.214 e. The zero-order chi connectivity index (χ0) is 10.1. The average Bonchev–Trinajstić information content (AvgIpc) is 2.03. The predicted molar refractivity (Wildman–Crippen MR) is 50.9 cm³/mol. The molecule has 0 unspecified atom stereocenters. The van der Waals surface area contributed by atoms with Gasteiger partial charge in [0.15, 0.2) is 0 Å². The lowest BCUT2D eigenvalue weighted by atomic mass is 10.0. The molecule has 0 saturated carbocycles. The minimum Gasteiger partial charge on any atom is -0.393 e. The predicted octanol–water partition coefficient (Wildman–Crippen LogP) is 0.181. The van der Waals surface area contributed by atoms with Crippen molar-refractivity contribution in [2.75, 3.05) is 12.3 Å². The van der Waals surface area contributed by atoms with Gasteiger partial charge in [0, 0.05) is 12.6 Å². The Morgan fingerprint density at radius 3 is 2.62 bits per heavy atom. The van der Waals surface area contributed by atoms with Crippen LogP contribution < -0.4 is 0 Å². The molecule has 0 bridgehead atoms. The molecule has 1 aliphatic rings. The van der Waals surface area contributed by atoms with Crippen molar-refractivity contribution in [3.63, 3.8) is 0 Å². The van der Waals surface area contributed by atoms with Gasteiger partial charge in [-0.1, -0.05) is 0 Å². The zero-order valence-corrected chi connectivity index (χ0v) is 8.92. The number of sulfonamides is 1. The first kappa shape index (κ1) is 10.9. The number of aliphatic hydroxyl groups is 1. The summed E-state index contributed by atoms with van der Waals surface area (Å²) >= 11 is 0. The summed E-state index contributed by atoms with van der Waals surface area (Å²) in [6, 6.07) is -0.0614. The first-order valence-electron chi connectivity index (χ1n) is 4.65. The van der Waals surface area contributed by atoms with Crippen LogP contribution in [0.25, 0.3) is 0 Å². The summed E-state index contributed by atoms with van der Waals surface area (Å²) in [4.78, 5) is 0. The highest BCUT2D eigenvalue weighted by molar-refractivity contribution is 7.89. The monoisotopic (exact) mass is 207 g/mol. The van der Waals surface area contributed by atoms with Crippen LogP contribution in [0.5, 0.6) is 0 Å². The van der Waals surface area contributed by atoms with Crippen LogP contribution in [0.2, 0.25) is 0 Å². The summed E-state index contributed by atoms with van der Waals surface area (Å²) < 4.78 is 24.5. The number of hydrogen-bond donors (Lipinski definition) is 1. The Balaban J connectivity index is 2.72. The van der Waals surface area contributed by atoms with Gasteiger partial charge >= 0.3 is 0 Å². The molecule has 1 aliphatic heterocycles. The minimum atomic E-state index is -3.07. The van der Waals surface area contributed by atoms with Crippen molar-refractivity contribution in [1.29, 1.82) is 0 Å². The van der Waals surface area contributed by atoms with Gasteiger partial charge in [-0.25, -0.2) is 8.42 Å². The third-order valence-electron chi connectivity index (χ3n) is 2.51. The number of rotatable bonds is 2. The lowest BCUT2D eigenvalue weighted by Gasteiger charge is -2.34. The zero-order valence-electron chi connectivity index (χ0n) is 8.10. The fourth-order valence-corrected chi connectivity index (χ4v) is 3.05. The second-order valence-electron chi connectivity index (χ2n) is 3.54. The molecule has 0 spiro atoms. The van der Waals surface area contributed by atoms with Crippen LogP contribution >= 0.6 is 0 Å². The molecule has 0 aliphatic carbocycles. The molecule has 5 heteroatoms. The Kier molecular flexibility index (Phi) is 3.32. The van der Waals surface area contributed by atoms with Crippen molar-refractivity contribution in [1.82, 2.24) is 4.31 Å². The van der Waals surface area contributed by atoms with Gasteiger partial charge in [-0.05, 0) is 26.7 Å². The highest BCUT2D eigenvalue weighted by Gasteiger charge is 2.31. The van der Waals surface area contributed by atoms with Gasteiger partial charge in [-0.2, -0.15) is 4.31 Å². The molecule has 0 aromatic heterocycles. The van der Waals surface area contributed by atoms with Gasteiger partial charge in [0.05, 0.1) is 11.9 Å². The van der Waals surface area contributed by atoms with E-state index in [1.54, 1.807) is 6.92 Å². The highest BCUT2D eigenvalue weighted by atomic mass is 32.2. The quantitative estimate of drug-likeness (QED) is 0.703. The Labute approximate surface area is 79.6 Å². The fraction of sp³-hybridized carbons (Fsp3) is 1.00. The molecule has 1 saturated heterocycles. The molecule has 1 heterocycles. The first-order valence-corrected chi connectivity index (χ1v) is 6.26. The van der Waals surface area contributed by atoms with Crippen molar-refractivity contribution < 1.29 is 13.5 Å². The van der Waals surface area contributed by atoms with E-state index in [0.29, 0.717) is 19.4 Å². The molecule has 1 rings (SSSR count). The molecule has 4 nitrogen and oxygen atoms in total. The van der Waals surface area contributed by atoms with Crippen LogP contribution in [0.4, 0.5) is 0 Å². The maximum Gasteiger partial charge on any atom is 0.214 e. The number of nitrogens with zero attached hydrogens (tertiary/aromatic N) is 1. The Bertz CT molecular complexity index is 263. The Morgan fingerprint density at radius 1 is 1.54 bits per heavy atom. The van der Waals surface area contributed by atoms with E-state index in [0.717, 1.165) is 0 Å². The molecule has 13 heavy (non-hydrogen) atoms. The second-order valence-corrected chi connectivity index (χ2v) is 5.75. The molecule has 0 aromatic rings. The molecule has 0 amide bonds. The van der Waals surface area contributed by atoms with Crippen LogP contribution in [-0.2, 0) is 10.0 Å². The third kappa shape index (κ3) is 2.42. The molecule has 1 N–H and O–H groups in total. The van der Waals surface area contributed by atoms with E-state index in [2.05, 4.69) is 0 Å². The number of aliphatic hydroxyl groups excluding tert-OH is 1. The largest absolute Gasteiger partial charge is 0.393 e. The van der Waals surface area contributed by atoms with Gasteiger partial charge in [-0.3, -0.25) is 0 Å². The molecular formula is C8H17NO3S. The molecule has 1 fully saturated rings. The van der Waals surface area contributed by atoms with Crippen molar-refractivity contribution in [2.45, 2.75) is 38.8 Å². The van der Waals surface area contributed by atoms with Crippen molar-refractivity contribution >= 4 is 10.0 Å². The molecular weight excluding hydrogens is 190 g/mol. The normalized spacial score (nSPS) is 31.9. The molecule has 0 radical (unpaired) electrons. The fourth-order valence-electron chi connectivity index (χ4n) is 1.70. The van der Waals surface area contributed by atoms with Gasteiger partial charge < -0.3 is 5.11 Å². The third-order valence-corrected chi connectivity index (χ3v) is 4.50. The maximum absolute atomic E-state index is 11.5. The van der Waals surface area contributed by atoms with Crippen LogP contribution in [0, 0.1) is 0 Å². The molecule has 2 atom stereocenters. The van der Waals surface area contributed by atoms with Crippen molar-refractivity contribution in [3.05, 3.63) is 0 Å². The van der Waals surface area contributed by atoms with Gasteiger partial charge in [0.2, 0.25) is 10.0 Å². The van der Waals surface area contributed by atoms with Gasteiger partial charge in [-0.15, -0.1) is 0 Å². The van der Waals surface area contributed by atoms with E-state index < -0.39 is 10.0 Å². The summed E-state index contributed by atoms with van der Waals surface area (Å²) in [6.45, 7) is 3.95. The first-order chi connectivity index (χ1) is 5.97. The van der Waals surface area contributed by atoms with E-state index in [-0.39, 0.29) is 17.9 Å². The van der Waals surface area contributed by atoms with Crippen LogP contribution in [0.15, 0.2) is 0 Å². The average molecular weight is 207 g/mol. The van der Waals surface area contributed by atoms with Crippen molar-refractivity contribution in [3.8, 4) is 0 Å². The van der Waals surface area contributed by atoms with Crippen LogP contribution in [0.3, 0.4) is 0 Å². The SMILES string of the molecule is CCS(=O)(=O)N1CC[C@H](O)C[C@@H]1C. The van der Waals surface area contributed by atoms with Gasteiger partial charge in [0.25, 0.3) is 0 Å². The summed E-state index contributed by atoms with van der Waals surface area (Å²) in [7, 11) is -3.07. The maximum atomic E-state index is 11.5. The minimum absolute atomic E-state index is 0.0614. The number of hydrogen-bond acceptors (Lipinski definition) is 3. The van der Waals surface area contributed by atoms with E-state index in [1.807, 2.05) is 6.92 Å². The second kappa shape index (κ2) is 3.94. The highest BCUT2D eigenvalue weighted by Crippen LogP contribution is 2.20. The summed E-state index contributed by atoms with van der Waals surface area (Å²) in [5, 5.41) is 9.31. The topological polar surface area (TPSA) is 57.6 Å². The van der Waals surface area contributed by atoms with Gasteiger partial charge in [0.1, 0.15) is 0 Å². The van der Waals surface area contributed by atoms with E-state index >= 15 is 0 Å². The van der Waals surface area contributed by atoms with E-state index in [4.69, 9.17) is 0 Å². The molecule has 0 aromatic carbocycles. The lowest BCUT2D eigenvalue weighted by Crippen LogP contribution is -2.46. The summed E-state index contributed by atoms with van der Waals surface area (Å²) in [6.07, 6.45) is 0.779. The summed E-state index contributed by atoms with van der Waals surface area (Å²) in [5.74, 6) is 0.146. The van der Waals surface area contributed by atoms with Crippen LogP contribution in [-0.4, -0.2) is 42.3 Å². The van der Waals surface area contributed by atoms with Crippen LogP contribution in [0.1, 0.15) is 26.7 Å². The Morgan fingerprint density at radius 2 is 2.15 bits per heavy atom.